The standard InChI is InChI=1S/C36H39N3O7S/c1-21(2)45-33-26-10-9-17-37-32(26)34(46-22(3)4)27-19-38(36(41)31(27)33)28-16-13-24(18-23(28)5)20-47(42,43)39(35(40)25-14-15-25)29-11-7-8-12-30(29)44-6/h7-13,16-18,21-22,25H,14-15,19-20H2,1-6H3. The van der Waals surface area contributed by atoms with Crippen molar-refractivity contribution >= 4 is 44.1 Å². The Labute approximate surface area is 275 Å². The minimum Gasteiger partial charge on any atom is -0.495 e. The van der Waals surface area contributed by atoms with Crippen molar-refractivity contribution in [2.75, 3.05) is 16.3 Å². The monoisotopic (exact) mass is 657 g/mol. The van der Waals surface area contributed by atoms with Crippen LogP contribution in [-0.2, 0) is 27.1 Å². The molecule has 0 spiro atoms. The molecule has 1 aliphatic carbocycles. The maximum absolute atomic E-state index is 14.2. The molecule has 4 aromatic rings. The van der Waals surface area contributed by atoms with E-state index in [0.717, 1.165) is 4.31 Å². The second kappa shape index (κ2) is 12.5. The molecule has 1 aromatic heterocycles. The summed E-state index contributed by atoms with van der Waals surface area (Å²) in [6, 6.07) is 15.5. The number of anilines is 2. The zero-order valence-electron chi connectivity index (χ0n) is 27.4. The van der Waals surface area contributed by atoms with E-state index in [4.69, 9.17) is 14.2 Å². The van der Waals surface area contributed by atoms with Gasteiger partial charge >= 0.3 is 0 Å². The van der Waals surface area contributed by atoms with E-state index in [1.165, 1.54) is 7.11 Å². The molecule has 2 heterocycles. The van der Waals surface area contributed by atoms with Gasteiger partial charge in [-0.2, -0.15) is 0 Å². The zero-order valence-corrected chi connectivity index (χ0v) is 28.3. The quantitative estimate of drug-likeness (QED) is 0.178. The van der Waals surface area contributed by atoms with Gasteiger partial charge in [-0.25, -0.2) is 12.7 Å². The summed E-state index contributed by atoms with van der Waals surface area (Å²) in [7, 11) is -2.70. The Bertz CT molecular complexity index is 1990. The zero-order chi connectivity index (χ0) is 33.6. The van der Waals surface area contributed by atoms with Gasteiger partial charge in [0.15, 0.2) is 5.75 Å². The molecular weight excluding hydrogens is 618 g/mol. The molecule has 0 bridgehead atoms. The fraction of sp³-hybridized carbons (Fsp3) is 0.361. The summed E-state index contributed by atoms with van der Waals surface area (Å²) in [4.78, 5) is 33.8. The first-order valence-corrected chi connectivity index (χ1v) is 17.4. The second-order valence-electron chi connectivity index (χ2n) is 12.6. The average Bonchev–Trinajstić information content (AvgIpc) is 3.82. The molecule has 1 saturated carbocycles. The predicted molar refractivity (Wildman–Crippen MR) is 181 cm³/mol. The number of amides is 2. The third kappa shape index (κ3) is 6.12. The number of methoxy groups -OCH3 is 1. The number of hydrogen-bond acceptors (Lipinski definition) is 8. The number of rotatable bonds is 11. The lowest BCUT2D eigenvalue weighted by Crippen LogP contribution is -2.39. The smallest absolute Gasteiger partial charge is 0.262 e. The highest BCUT2D eigenvalue weighted by Crippen LogP contribution is 2.46. The number of sulfonamides is 1. The van der Waals surface area contributed by atoms with Gasteiger partial charge in [0.1, 0.15) is 22.7 Å². The summed E-state index contributed by atoms with van der Waals surface area (Å²) in [5.74, 6) is -0.113. The van der Waals surface area contributed by atoms with Gasteiger partial charge in [0.05, 0.1) is 37.2 Å². The summed E-state index contributed by atoms with van der Waals surface area (Å²) in [5.41, 5.74) is 3.78. The number of aromatic nitrogens is 1. The Morgan fingerprint density at radius 1 is 1.00 bits per heavy atom. The van der Waals surface area contributed by atoms with Crippen LogP contribution in [0.15, 0.2) is 60.8 Å². The van der Waals surface area contributed by atoms with Crippen molar-refractivity contribution < 1.29 is 32.2 Å². The third-order valence-corrected chi connectivity index (χ3v) is 9.79. The number of hydrogen-bond donors (Lipinski definition) is 0. The van der Waals surface area contributed by atoms with Gasteiger partial charge < -0.3 is 19.1 Å². The van der Waals surface area contributed by atoms with Crippen molar-refractivity contribution in [3.63, 3.8) is 0 Å². The summed E-state index contributed by atoms with van der Waals surface area (Å²) in [6.45, 7) is 9.75. The number of nitrogens with zero attached hydrogens (tertiary/aromatic N) is 3. The number of aryl methyl sites for hydroxylation is 1. The first kappa shape index (κ1) is 32.3. The molecule has 0 unspecified atom stereocenters. The van der Waals surface area contributed by atoms with Crippen LogP contribution in [-0.4, -0.2) is 44.5 Å². The number of pyridine rings is 1. The van der Waals surface area contributed by atoms with Crippen LogP contribution in [0.4, 0.5) is 11.4 Å². The first-order valence-electron chi connectivity index (χ1n) is 15.8. The van der Waals surface area contributed by atoms with Gasteiger partial charge in [-0.05, 0) is 88.9 Å². The Kier molecular flexibility index (Phi) is 8.61. The highest BCUT2D eigenvalue weighted by molar-refractivity contribution is 7.92. The van der Waals surface area contributed by atoms with Crippen molar-refractivity contribution in [1.29, 1.82) is 0 Å². The highest BCUT2D eigenvalue weighted by atomic mass is 32.2. The molecule has 2 amide bonds. The van der Waals surface area contributed by atoms with Crippen molar-refractivity contribution in [2.24, 2.45) is 5.92 Å². The predicted octanol–water partition coefficient (Wildman–Crippen LogP) is 6.56. The molecule has 10 nitrogen and oxygen atoms in total. The Balaban J connectivity index is 1.36. The number of benzene rings is 3. The van der Waals surface area contributed by atoms with Crippen LogP contribution >= 0.6 is 0 Å². The van der Waals surface area contributed by atoms with E-state index in [2.05, 4.69) is 4.98 Å². The molecule has 0 atom stereocenters. The van der Waals surface area contributed by atoms with Crippen LogP contribution in [0.2, 0.25) is 0 Å². The number of ether oxygens (including phenoxy) is 3. The average molecular weight is 658 g/mol. The molecule has 246 valence electrons. The topological polar surface area (TPSA) is 115 Å². The van der Waals surface area contributed by atoms with Crippen LogP contribution in [0.5, 0.6) is 17.2 Å². The highest BCUT2D eigenvalue weighted by Gasteiger charge is 2.41. The summed E-state index contributed by atoms with van der Waals surface area (Å²) >= 11 is 0. The number of carbonyl (C=O) groups excluding carboxylic acids is 2. The van der Waals surface area contributed by atoms with Gasteiger partial charge in [-0.1, -0.05) is 24.3 Å². The Morgan fingerprint density at radius 2 is 1.70 bits per heavy atom. The summed E-state index contributed by atoms with van der Waals surface area (Å²) in [6.07, 6.45) is 2.65. The molecular formula is C36H39N3O7S. The molecule has 0 N–H and O–H groups in total. The lowest BCUT2D eigenvalue weighted by Gasteiger charge is -2.25. The fourth-order valence-corrected chi connectivity index (χ4v) is 7.64. The molecule has 47 heavy (non-hydrogen) atoms. The van der Waals surface area contributed by atoms with Gasteiger partial charge in [0, 0.05) is 28.8 Å². The molecule has 0 radical (unpaired) electrons. The van der Waals surface area contributed by atoms with E-state index >= 15 is 0 Å². The maximum atomic E-state index is 14.2. The minimum absolute atomic E-state index is 0.157. The van der Waals surface area contributed by atoms with E-state index in [9.17, 15) is 18.0 Å². The molecule has 1 fully saturated rings. The maximum Gasteiger partial charge on any atom is 0.262 e. The summed E-state index contributed by atoms with van der Waals surface area (Å²) < 4.78 is 46.7. The van der Waals surface area contributed by atoms with Crippen LogP contribution in [0.1, 0.15) is 67.6 Å². The SMILES string of the molecule is COc1ccccc1N(C(=O)C1CC1)S(=O)(=O)Cc1ccc(N2Cc3c(c(OC(C)C)c4cccnc4c3OC(C)C)C2=O)c(C)c1. The van der Waals surface area contributed by atoms with E-state index in [0.29, 0.717) is 68.9 Å². The minimum atomic E-state index is -4.14. The molecule has 3 aromatic carbocycles. The Morgan fingerprint density at radius 3 is 2.36 bits per heavy atom. The van der Waals surface area contributed by atoms with Gasteiger partial charge in [0.25, 0.3) is 5.91 Å². The molecule has 11 heteroatoms. The van der Waals surface area contributed by atoms with Gasteiger partial charge in [-0.3, -0.25) is 14.6 Å². The number of para-hydroxylation sites is 2. The Hall–Kier alpha value is -4.64. The van der Waals surface area contributed by atoms with E-state index < -0.39 is 21.7 Å². The van der Waals surface area contributed by atoms with Crippen molar-refractivity contribution in [1.82, 2.24) is 4.98 Å². The van der Waals surface area contributed by atoms with Crippen LogP contribution < -0.4 is 23.4 Å². The molecule has 1 aliphatic heterocycles. The van der Waals surface area contributed by atoms with E-state index in [1.54, 1.807) is 53.6 Å². The second-order valence-corrected chi connectivity index (χ2v) is 14.4. The van der Waals surface area contributed by atoms with Crippen molar-refractivity contribution in [3.8, 4) is 17.2 Å². The molecule has 2 aliphatic rings. The van der Waals surface area contributed by atoms with Crippen molar-refractivity contribution in [3.05, 3.63) is 83.0 Å². The van der Waals surface area contributed by atoms with E-state index in [-0.39, 0.29) is 36.3 Å². The van der Waals surface area contributed by atoms with Crippen LogP contribution in [0.25, 0.3) is 10.9 Å². The first-order chi connectivity index (χ1) is 22.4. The van der Waals surface area contributed by atoms with Gasteiger partial charge in [-0.15, -0.1) is 0 Å². The normalized spacial score (nSPS) is 14.6. The fourth-order valence-electron chi connectivity index (χ4n) is 6.04. The lowest BCUT2D eigenvalue weighted by molar-refractivity contribution is -0.118. The van der Waals surface area contributed by atoms with Crippen LogP contribution in [0, 0.1) is 12.8 Å². The molecule has 0 saturated heterocycles. The van der Waals surface area contributed by atoms with Gasteiger partial charge in [0.2, 0.25) is 15.9 Å². The van der Waals surface area contributed by atoms with Crippen molar-refractivity contribution in [2.45, 2.75) is 72.0 Å². The molecule has 6 rings (SSSR count). The number of carbonyl (C=O) groups is 2. The van der Waals surface area contributed by atoms with Crippen LogP contribution in [0.3, 0.4) is 0 Å². The largest absolute Gasteiger partial charge is 0.495 e. The lowest BCUT2D eigenvalue weighted by atomic mass is 10.0. The third-order valence-electron chi connectivity index (χ3n) is 8.16. The summed E-state index contributed by atoms with van der Waals surface area (Å²) in [5, 5.41) is 0.698. The number of fused-ring (bicyclic) bond motifs is 2. The van der Waals surface area contributed by atoms with E-state index in [1.807, 2.05) is 46.8 Å².